The fraction of sp³-hybridized carbons (Fsp3) is 0.500. The normalized spacial score (nSPS) is 23.4. The second-order valence-electron chi connectivity index (χ2n) is 6.76. The number of nitrogens with one attached hydrogen (secondary N) is 1. The number of carbonyl (C=O) groups is 1. The molecule has 2 bridgehead atoms. The van der Waals surface area contributed by atoms with Gasteiger partial charge >= 0.3 is 0 Å². The smallest absolute Gasteiger partial charge is 0.270 e. The van der Waals surface area contributed by atoms with Gasteiger partial charge in [0.25, 0.3) is 5.56 Å². The molecule has 2 heterocycles. The van der Waals surface area contributed by atoms with Crippen LogP contribution in [0.5, 0.6) is 0 Å². The second kappa shape index (κ2) is 5.80. The Morgan fingerprint density at radius 2 is 2.17 bits per heavy atom. The minimum atomic E-state index is -0.184. The van der Waals surface area contributed by atoms with E-state index in [4.69, 9.17) is 0 Å². The van der Waals surface area contributed by atoms with Crippen molar-refractivity contribution in [3.05, 3.63) is 40.3 Å². The molecule has 0 radical (unpaired) electrons. The Balaban J connectivity index is 1.47. The summed E-state index contributed by atoms with van der Waals surface area (Å²) in [6.07, 6.45) is 5.58. The van der Waals surface area contributed by atoms with E-state index in [2.05, 4.69) is 9.97 Å². The van der Waals surface area contributed by atoms with Gasteiger partial charge in [-0.15, -0.1) is 0 Å². The van der Waals surface area contributed by atoms with E-state index in [-0.39, 0.29) is 11.5 Å². The monoisotopic (exact) mass is 311 g/mol. The number of aryl methyl sites for hydroxylation is 1. The molecule has 1 saturated carbocycles. The van der Waals surface area contributed by atoms with Crippen molar-refractivity contribution < 1.29 is 4.79 Å². The molecule has 0 unspecified atom stereocenters. The van der Waals surface area contributed by atoms with Crippen LogP contribution < -0.4 is 5.56 Å². The number of H-pyrrole nitrogens is 1. The molecule has 2 fully saturated rings. The third-order valence-electron chi connectivity index (χ3n) is 5.22. The first-order valence-electron chi connectivity index (χ1n) is 8.48. The van der Waals surface area contributed by atoms with Crippen molar-refractivity contribution >= 4 is 16.9 Å². The van der Waals surface area contributed by atoms with Crippen LogP contribution in [0.4, 0.5) is 0 Å². The number of amides is 1. The summed E-state index contributed by atoms with van der Waals surface area (Å²) in [6.45, 7) is 0.908. The molecule has 23 heavy (non-hydrogen) atoms. The molecule has 1 saturated heterocycles. The summed E-state index contributed by atoms with van der Waals surface area (Å²) in [5, 5.41) is 0. The molecule has 5 nitrogen and oxygen atoms in total. The van der Waals surface area contributed by atoms with Crippen molar-refractivity contribution in [1.82, 2.24) is 14.9 Å². The van der Waals surface area contributed by atoms with Gasteiger partial charge in [0, 0.05) is 25.4 Å². The van der Waals surface area contributed by atoms with Crippen molar-refractivity contribution in [3.63, 3.8) is 0 Å². The van der Waals surface area contributed by atoms with E-state index in [1.54, 1.807) is 0 Å². The van der Waals surface area contributed by atoms with Gasteiger partial charge < -0.3 is 9.88 Å². The fourth-order valence-corrected chi connectivity index (χ4v) is 4.05. The Hall–Kier alpha value is -2.17. The summed E-state index contributed by atoms with van der Waals surface area (Å²) in [7, 11) is 0. The third kappa shape index (κ3) is 2.76. The summed E-state index contributed by atoms with van der Waals surface area (Å²) in [4.78, 5) is 33.9. The van der Waals surface area contributed by atoms with Crippen LogP contribution in [0.3, 0.4) is 0 Å². The summed E-state index contributed by atoms with van der Waals surface area (Å²) < 4.78 is 0. The van der Waals surface area contributed by atoms with E-state index in [1.165, 1.54) is 19.3 Å². The number of hydrogen-bond donors (Lipinski definition) is 1. The quantitative estimate of drug-likeness (QED) is 0.945. The van der Waals surface area contributed by atoms with Crippen LogP contribution in [0, 0.1) is 5.92 Å². The predicted molar refractivity (Wildman–Crippen MR) is 88.1 cm³/mol. The van der Waals surface area contributed by atoms with Gasteiger partial charge in [0.1, 0.15) is 5.69 Å². The van der Waals surface area contributed by atoms with Gasteiger partial charge in [0.05, 0.1) is 11.0 Å². The van der Waals surface area contributed by atoms with Crippen molar-refractivity contribution in [2.45, 2.75) is 44.6 Å². The topological polar surface area (TPSA) is 66.1 Å². The lowest BCUT2D eigenvalue weighted by Crippen LogP contribution is -2.35. The number of carbonyl (C=O) groups excluding carboxylic acids is 1. The van der Waals surface area contributed by atoms with Gasteiger partial charge in [0.2, 0.25) is 5.91 Å². The van der Waals surface area contributed by atoms with E-state index >= 15 is 0 Å². The molecule has 120 valence electrons. The van der Waals surface area contributed by atoms with Crippen molar-refractivity contribution in [2.75, 3.05) is 6.54 Å². The number of benzene rings is 1. The van der Waals surface area contributed by atoms with Crippen LogP contribution in [-0.2, 0) is 11.2 Å². The summed E-state index contributed by atoms with van der Waals surface area (Å²) >= 11 is 0. The first kappa shape index (κ1) is 14.4. The number of hydrogen-bond acceptors (Lipinski definition) is 3. The molecule has 2 aliphatic rings. The largest absolute Gasteiger partial charge is 0.339 e. The minimum Gasteiger partial charge on any atom is -0.339 e. The lowest BCUT2D eigenvalue weighted by molar-refractivity contribution is -0.132. The number of likely N-dealkylation sites (tertiary alicyclic amines) is 1. The van der Waals surface area contributed by atoms with Crippen molar-refractivity contribution in [2.24, 2.45) is 5.92 Å². The highest BCUT2D eigenvalue weighted by Gasteiger charge is 2.37. The highest BCUT2D eigenvalue weighted by molar-refractivity contribution is 5.77. The van der Waals surface area contributed by atoms with Crippen LogP contribution in [0.2, 0.25) is 0 Å². The molecule has 1 aliphatic carbocycles. The third-order valence-corrected chi connectivity index (χ3v) is 5.22. The summed E-state index contributed by atoms with van der Waals surface area (Å²) in [5.74, 6) is 0.869. The lowest BCUT2D eigenvalue weighted by atomic mass is 9.90. The van der Waals surface area contributed by atoms with Crippen LogP contribution >= 0.6 is 0 Å². The first-order valence-corrected chi connectivity index (χ1v) is 8.48. The number of aromatic nitrogens is 2. The average Bonchev–Trinajstić information content (AvgIpc) is 2.86. The molecular weight excluding hydrogens is 290 g/mol. The molecule has 2 atom stereocenters. The molecule has 5 heteroatoms. The molecule has 1 aromatic carbocycles. The SMILES string of the molecule is O=C(CCc1nc2ccccc2[nH]c1=O)N1C[C@@H]2CCC[C@H]1C2. The summed E-state index contributed by atoms with van der Waals surface area (Å²) in [5.41, 5.74) is 1.78. The Bertz CT molecular complexity index is 798. The van der Waals surface area contributed by atoms with Gasteiger partial charge in [-0.2, -0.15) is 0 Å². The maximum Gasteiger partial charge on any atom is 0.270 e. The lowest BCUT2D eigenvalue weighted by Gasteiger charge is -2.24. The first-order chi connectivity index (χ1) is 11.2. The van der Waals surface area contributed by atoms with Gasteiger partial charge in [-0.05, 0) is 37.3 Å². The molecule has 2 aromatic rings. The number of rotatable bonds is 3. The Labute approximate surface area is 134 Å². The zero-order chi connectivity index (χ0) is 15.8. The van der Waals surface area contributed by atoms with Crippen LogP contribution in [0.25, 0.3) is 11.0 Å². The molecule has 1 amide bonds. The number of nitrogens with zero attached hydrogens (tertiary/aromatic N) is 2. The fourth-order valence-electron chi connectivity index (χ4n) is 4.05. The maximum atomic E-state index is 12.5. The van der Waals surface area contributed by atoms with Crippen molar-refractivity contribution in [1.29, 1.82) is 0 Å². The van der Waals surface area contributed by atoms with E-state index in [9.17, 15) is 9.59 Å². The second-order valence-corrected chi connectivity index (χ2v) is 6.76. The van der Waals surface area contributed by atoms with Gasteiger partial charge in [-0.25, -0.2) is 4.98 Å². The zero-order valence-electron chi connectivity index (χ0n) is 13.1. The maximum absolute atomic E-state index is 12.5. The summed E-state index contributed by atoms with van der Waals surface area (Å²) in [6, 6.07) is 7.91. The minimum absolute atomic E-state index is 0.175. The highest BCUT2D eigenvalue weighted by atomic mass is 16.2. The number of fused-ring (bicyclic) bond motifs is 3. The van der Waals surface area contributed by atoms with E-state index < -0.39 is 0 Å². The van der Waals surface area contributed by atoms with Crippen LogP contribution in [0.15, 0.2) is 29.1 Å². The van der Waals surface area contributed by atoms with E-state index in [1.807, 2.05) is 29.2 Å². The van der Waals surface area contributed by atoms with Gasteiger partial charge in [0.15, 0.2) is 0 Å². The van der Waals surface area contributed by atoms with Gasteiger partial charge in [-0.1, -0.05) is 18.6 Å². The molecule has 0 spiro atoms. The number of para-hydroxylation sites is 2. The molecule has 4 rings (SSSR count). The van der Waals surface area contributed by atoms with Crippen LogP contribution in [-0.4, -0.2) is 33.4 Å². The predicted octanol–water partition coefficient (Wildman–Crippen LogP) is 2.26. The number of aromatic amines is 1. The van der Waals surface area contributed by atoms with Crippen LogP contribution in [0.1, 0.15) is 37.8 Å². The van der Waals surface area contributed by atoms with E-state index in [0.717, 1.165) is 24.0 Å². The molecule has 1 aromatic heterocycles. The Morgan fingerprint density at radius 1 is 1.30 bits per heavy atom. The zero-order valence-corrected chi connectivity index (χ0v) is 13.1. The highest BCUT2D eigenvalue weighted by Crippen LogP contribution is 2.35. The average molecular weight is 311 g/mol. The molecule has 1 N–H and O–H groups in total. The standard InChI is InChI=1S/C18H21N3O2/c22-17(21-11-12-4-3-5-13(21)10-12)9-8-16-18(23)20-15-7-2-1-6-14(15)19-16/h1-2,6-7,12-13H,3-5,8-11H2,(H,20,23)/t12-,13+/m1/s1. The Kier molecular flexibility index (Phi) is 3.63. The van der Waals surface area contributed by atoms with Gasteiger partial charge in [-0.3, -0.25) is 9.59 Å². The van der Waals surface area contributed by atoms with E-state index in [0.29, 0.717) is 30.5 Å². The Morgan fingerprint density at radius 3 is 3.04 bits per heavy atom. The molecular formula is C18H21N3O2. The van der Waals surface area contributed by atoms with Crippen molar-refractivity contribution in [3.8, 4) is 0 Å². The molecule has 1 aliphatic heterocycles.